The summed E-state index contributed by atoms with van der Waals surface area (Å²) < 4.78 is 5.87. The molecule has 0 spiro atoms. The Morgan fingerprint density at radius 1 is 1.17 bits per heavy atom. The second-order valence-corrected chi connectivity index (χ2v) is 6.30. The Morgan fingerprint density at radius 3 is 2.00 bits per heavy atom. The molecule has 0 radical (unpaired) electrons. The molecule has 0 amide bonds. The van der Waals surface area contributed by atoms with Crippen LogP contribution in [-0.2, 0) is 4.74 Å². The van der Waals surface area contributed by atoms with E-state index in [1.165, 1.54) is 19.3 Å². The summed E-state index contributed by atoms with van der Waals surface area (Å²) >= 11 is 0. The van der Waals surface area contributed by atoms with E-state index in [4.69, 9.17) is 10.6 Å². The van der Waals surface area contributed by atoms with Crippen LogP contribution in [0.1, 0.15) is 59.8 Å². The van der Waals surface area contributed by atoms with Crippen molar-refractivity contribution in [3.05, 3.63) is 0 Å². The van der Waals surface area contributed by atoms with Gasteiger partial charge in [0.15, 0.2) is 0 Å². The van der Waals surface area contributed by atoms with Crippen LogP contribution in [0.15, 0.2) is 0 Å². The summed E-state index contributed by atoms with van der Waals surface area (Å²) in [6.07, 6.45) is 5.91. The minimum Gasteiger partial charge on any atom is -0.377 e. The van der Waals surface area contributed by atoms with Gasteiger partial charge in [-0.15, -0.1) is 0 Å². The van der Waals surface area contributed by atoms with Crippen molar-refractivity contribution in [1.82, 2.24) is 5.43 Å². The van der Waals surface area contributed by atoms with E-state index in [9.17, 15) is 0 Å². The minimum atomic E-state index is -0.115. The fourth-order valence-electron chi connectivity index (χ4n) is 4.10. The van der Waals surface area contributed by atoms with Gasteiger partial charge in [-0.1, -0.05) is 27.7 Å². The van der Waals surface area contributed by atoms with Crippen molar-refractivity contribution >= 4 is 0 Å². The zero-order valence-corrected chi connectivity index (χ0v) is 12.8. The van der Waals surface area contributed by atoms with Gasteiger partial charge in [0, 0.05) is 7.11 Å². The van der Waals surface area contributed by atoms with Crippen molar-refractivity contribution in [1.29, 1.82) is 0 Å². The summed E-state index contributed by atoms with van der Waals surface area (Å²) in [6.45, 7) is 9.13. The summed E-state index contributed by atoms with van der Waals surface area (Å²) in [7, 11) is 1.83. The van der Waals surface area contributed by atoms with Crippen LogP contribution < -0.4 is 11.3 Å². The fraction of sp³-hybridized carbons (Fsp3) is 1.00. The Hall–Kier alpha value is -0.120. The Labute approximate surface area is 113 Å². The molecule has 1 saturated carbocycles. The first-order valence-electron chi connectivity index (χ1n) is 7.54. The number of hydrogen-bond donors (Lipinski definition) is 2. The molecule has 3 atom stereocenters. The van der Waals surface area contributed by atoms with E-state index >= 15 is 0 Å². The van der Waals surface area contributed by atoms with Gasteiger partial charge in [0.2, 0.25) is 0 Å². The Kier molecular flexibility index (Phi) is 6.09. The molecule has 0 bridgehead atoms. The second-order valence-electron chi connectivity index (χ2n) is 6.30. The van der Waals surface area contributed by atoms with Gasteiger partial charge in [-0.3, -0.25) is 11.3 Å². The van der Waals surface area contributed by atoms with Gasteiger partial charge in [-0.25, -0.2) is 0 Å². The lowest BCUT2D eigenvalue weighted by Gasteiger charge is -2.45. The first kappa shape index (κ1) is 15.9. The molecule has 0 aliphatic heterocycles. The van der Waals surface area contributed by atoms with E-state index in [1.807, 2.05) is 7.11 Å². The average Bonchev–Trinajstić information content (AvgIpc) is 2.35. The van der Waals surface area contributed by atoms with Crippen LogP contribution in [0.25, 0.3) is 0 Å². The summed E-state index contributed by atoms with van der Waals surface area (Å²) in [4.78, 5) is 0. The molecular weight excluding hydrogens is 224 g/mol. The van der Waals surface area contributed by atoms with Gasteiger partial charge in [0.25, 0.3) is 0 Å². The maximum atomic E-state index is 5.88. The average molecular weight is 256 g/mol. The molecule has 3 N–H and O–H groups in total. The van der Waals surface area contributed by atoms with Crippen molar-refractivity contribution < 1.29 is 4.74 Å². The number of nitrogens with one attached hydrogen (secondary N) is 1. The predicted octanol–water partition coefficient (Wildman–Crippen LogP) is 3.10. The van der Waals surface area contributed by atoms with Crippen LogP contribution in [0, 0.1) is 17.8 Å². The number of hydrazine groups is 1. The zero-order chi connectivity index (χ0) is 13.8. The van der Waals surface area contributed by atoms with Crippen molar-refractivity contribution in [2.24, 2.45) is 23.6 Å². The zero-order valence-electron chi connectivity index (χ0n) is 12.8. The Balaban J connectivity index is 2.86. The van der Waals surface area contributed by atoms with Gasteiger partial charge in [0.1, 0.15) is 0 Å². The predicted molar refractivity (Wildman–Crippen MR) is 77.1 cm³/mol. The lowest BCUT2D eigenvalue weighted by atomic mass is 9.69. The quantitative estimate of drug-likeness (QED) is 0.567. The van der Waals surface area contributed by atoms with E-state index in [-0.39, 0.29) is 11.6 Å². The second kappa shape index (κ2) is 6.88. The highest BCUT2D eigenvalue weighted by atomic mass is 16.5. The van der Waals surface area contributed by atoms with Crippen LogP contribution in [0.4, 0.5) is 0 Å². The third-order valence-corrected chi connectivity index (χ3v) is 5.04. The third kappa shape index (κ3) is 3.25. The smallest absolute Gasteiger partial charge is 0.0841 e. The largest absolute Gasteiger partial charge is 0.377 e. The molecule has 3 heteroatoms. The molecule has 0 saturated heterocycles. The molecule has 0 aromatic heterocycles. The molecule has 1 aliphatic carbocycles. The molecule has 18 heavy (non-hydrogen) atoms. The third-order valence-electron chi connectivity index (χ3n) is 5.04. The van der Waals surface area contributed by atoms with E-state index < -0.39 is 0 Å². The number of rotatable bonds is 6. The molecule has 1 aliphatic rings. The van der Waals surface area contributed by atoms with E-state index in [1.54, 1.807) is 0 Å². The normalized spacial score (nSPS) is 31.3. The molecule has 1 fully saturated rings. The Bertz CT molecular complexity index is 222. The summed E-state index contributed by atoms with van der Waals surface area (Å²) in [5.74, 6) is 8.12. The van der Waals surface area contributed by atoms with Gasteiger partial charge >= 0.3 is 0 Å². The van der Waals surface area contributed by atoms with E-state index in [0.717, 1.165) is 24.7 Å². The van der Waals surface area contributed by atoms with Crippen molar-refractivity contribution in [2.75, 3.05) is 7.11 Å². The van der Waals surface area contributed by atoms with Gasteiger partial charge in [0.05, 0.1) is 11.6 Å². The summed E-state index contributed by atoms with van der Waals surface area (Å²) in [6, 6.07) is 0.266. The van der Waals surface area contributed by atoms with Crippen LogP contribution >= 0.6 is 0 Å². The van der Waals surface area contributed by atoms with Gasteiger partial charge in [-0.2, -0.15) is 0 Å². The SMILES string of the molecule is CCC(CC)(OC)C(NN)C1CC(C)CC(C)C1. The minimum absolute atomic E-state index is 0.115. The number of nitrogens with two attached hydrogens (primary N) is 1. The van der Waals surface area contributed by atoms with Crippen LogP contribution in [-0.4, -0.2) is 18.8 Å². The summed E-state index contributed by atoms with van der Waals surface area (Å²) in [5, 5.41) is 0. The monoisotopic (exact) mass is 256 g/mol. The first-order valence-corrected chi connectivity index (χ1v) is 7.54. The van der Waals surface area contributed by atoms with E-state index in [2.05, 4.69) is 33.1 Å². The number of hydrogen-bond acceptors (Lipinski definition) is 3. The topological polar surface area (TPSA) is 47.3 Å². The van der Waals surface area contributed by atoms with Crippen LogP contribution in [0.3, 0.4) is 0 Å². The molecule has 3 unspecified atom stereocenters. The number of methoxy groups -OCH3 is 1. The molecule has 3 nitrogen and oxygen atoms in total. The maximum Gasteiger partial charge on any atom is 0.0841 e. The standard InChI is InChI=1S/C15H32N2O/c1-6-15(7-2,18-5)14(17-16)13-9-11(3)8-12(4)10-13/h11-14,17H,6-10,16H2,1-5H3. The first-order chi connectivity index (χ1) is 8.52. The highest BCUT2D eigenvalue weighted by molar-refractivity contribution is 4.96. The lowest BCUT2D eigenvalue weighted by molar-refractivity contribution is -0.0718. The molecule has 0 aromatic carbocycles. The van der Waals surface area contributed by atoms with Crippen molar-refractivity contribution in [3.8, 4) is 0 Å². The van der Waals surface area contributed by atoms with Gasteiger partial charge in [-0.05, 0) is 49.9 Å². The molecule has 0 heterocycles. The maximum absolute atomic E-state index is 5.88. The van der Waals surface area contributed by atoms with Crippen molar-refractivity contribution in [3.63, 3.8) is 0 Å². The van der Waals surface area contributed by atoms with Gasteiger partial charge < -0.3 is 4.74 Å². The highest BCUT2D eigenvalue weighted by Crippen LogP contribution is 2.39. The Morgan fingerprint density at radius 2 is 1.67 bits per heavy atom. The molecule has 1 rings (SSSR count). The highest BCUT2D eigenvalue weighted by Gasteiger charge is 2.42. The molecule has 0 aromatic rings. The van der Waals surface area contributed by atoms with Crippen LogP contribution in [0.5, 0.6) is 0 Å². The lowest BCUT2D eigenvalue weighted by Crippen LogP contribution is -2.58. The van der Waals surface area contributed by atoms with Crippen LogP contribution in [0.2, 0.25) is 0 Å². The van der Waals surface area contributed by atoms with E-state index in [0.29, 0.717) is 5.92 Å². The molecular formula is C15H32N2O. The fourth-order valence-corrected chi connectivity index (χ4v) is 4.10. The molecule has 108 valence electrons. The summed E-state index contributed by atoms with van der Waals surface area (Å²) in [5.41, 5.74) is 2.97. The van der Waals surface area contributed by atoms with Crippen molar-refractivity contribution in [2.45, 2.75) is 71.4 Å². The number of ether oxygens (including phenoxy) is 1.